The van der Waals surface area contributed by atoms with Gasteiger partial charge in [0.05, 0.1) is 12.6 Å². The molecule has 1 aromatic heterocycles. The molecule has 72 valence electrons. The lowest BCUT2D eigenvalue weighted by Gasteiger charge is -2.03. The van der Waals surface area contributed by atoms with E-state index >= 15 is 0 Å². The van der Waals surface area contributed by atoms with E-state index < -0.39 is 5.82 Å². The van der Waals surface area contributed by atoms with Crippen LogP contribution in [0.15, 0.2) is 18.5 Å². The van der Waals surface area contributed by atoms with Gasteiger partial charge in [-0.25, -0.2) is 14.4 Å². The van der Waals surface area contributed by atoms with Crippen LogP contribution < -0.4 is 4.74 Å². The van der Waals surface area contributed by atoms with E-state index in [4.69, 9.17) is 16.3 Å². The average molecular weight is 213 g/mol. The summed E-state index contributed by atoms with van der Waals surface area (Å²) in [5.74, 6) is -0.330. The van der Waals surface area contributed by atoms with Gasteiger partial charge >= 0.3 is 0 Å². The highest BCUT2D eigenvalue weighted by Gasteiger charge is 2.08. The minimum absolute atomic E-state index is 0.134. The molecule has 0 aliphatic heterocycles. The van der Waals surface area contributed by atoms with Crippen LogP contribution in [-0.4, -0.2) is 17.1 Å². The fourth-order valence-corrected chi connectivity index (χ4v) is 1.38. The Morgan fingerprint density at radius 2 is 2.14 bits per heavy atom. The molecule has 0 aliphatic carbocycles. The van der Waals surface area contributed by atoms with Gasteiger partial charge in [0, 0.05) is 11.5 Å². The van der Waals surface area contributed by atoms with Gasteiger partial charge in [0.1, 0.15) is 11.5 Å². The number of halogens is 2. The van der Waals surface area contributed by atoms with Crippen molar-refractivity contribution in [3.8, 4) is 5.75 Å². The maximum absolute atomic E-state index is 13.2. The predicted octanol–water partition coefficient (Wildman–Crippen LogP) is 2.43. The number of aromatic nitrogens is 2. The monoisotopic (exact) mass is 212 g/mol. The molecule has 0 saturated heterocycles. The van der Waals surface area contributed by atoms with Crippen molar-refractivity contribution in [3.63, 3.8) is 0 Å². The van der Waals surface area contributed by atoms with Crippen LogP contribution in [0.4, 0.5) is 4.39 Å². The third-order valence-electron chi connectivity index (χ3n) is 1.86. The summed E-state index contributed by atoms with van der Waals surface area (Å²) in [5, 5.41) is 0.862. The van der Waals surface area contributed by atoms with Crippen molar-refractivity contribution in [3.05, 3.63) is 29.4 Å². The number of fused-ring (bicyclic) bond motifs is 1. The highest BCUT2D eigenvalue weighted by Crippen LogP contribution is 2.26. The number of ether oxygens (including phenoxy) is 1. The summed E-state index contributed by atoms with van der Waals surface area (Å²) in [4.78, 5) is 7.68. The van der Waals surface area contributed by atoms with Gasteiger partial charge in [-0.05, 0) is 6.07 Å². The Morgan fingerprint density at radius 3 is 2.86 bits per heavy atom. The summed E-state index contributed by atoms with van der Waals surface area (Å²) in [6.07, 6.45) is 1.29. The molecule has 0 amide bonds. The van der Waals surface area contributed by atoms with Crippen LogP contribution in [0.2, 0.25) is 5.15 Å². The zero-order valence-corrected chi connectivity index (χ0v) is 8.05. The maximum atomic E-state index is 13.2. The third kappa shape index (κ3) is 1.37. The number of rotatable bonds is 1. The normalized spacial score (nSPS) is 10.5. The topological polar surface area (TPSA) is 35.0 Å². The zero-order valence-electron chi connectivity index (χ0n) is 7.29. The van der Waals surface area contributed by atoms with E-state index in [0.29, 0.717) is 10.9 Å². The summed E-state index contributed by atoms with van der Waals surface area (Å²) in [7, 11) is 1.39. The molecule has 5 heteroatoms. The van der Waals surface area contributed by atoms with Crippen molar-refractivity contribution in [2.45, 2.75) is 0 Å². The molecule has 0 saturated carbocycles. The molecule has 3 nitrogen and oxygen atoms in total. The van der Waals surface area contributed by atoms with E-state index in [-0.39, 0.29) is 10.9 Å². The molecule has 0 unspecified atom stereocenters. The Kier molecular flexibility index (Phi) is 2.21. The minimum atomic E-state index is -0.463. The Bertz CT molecular complexity index is 489. The first-order valence-corrected chi connectivity index (χ1v) is 4.24. The minimum Gasteiger partial charge on any atom is -0.494 e. The van der Waals surface area contributed by atoms with E-state index in [0.717, 1.165) is 0 Å². The molecule has 0 N–H and O–H groups in total. The number of hydrogen-bond donors (Lipinski definition) is 0. The SMILES string of the molecule is COc1cc2c(Cl)ncnc2cc1F. The lowest BCUT2D eigenvalue weighted by atomic mass is 10.2. The van der Waals surface area contributed by atoms with Crippen LogP contribution in [0.3, 0.4) is 0 Å². The first-order chi connectivity index (χ1) is 6.72. The second-order valence-corrected chi connectivity index (χ2v) is 3.03. The fourth-order valence-electron chi connectivity index (χ4n) is 1.18. The van der Waals surface area contributed by atoms with Gasteiger partial charge in [-0.3, -0.25) is 0 Å². The van der Waals surface area contributed by atoms with Gasteiger partial charge in [0.15, 0.2) is 11.6 Å². The van der Waals surface area contributed by atoms with Crippen molar-refractivity contribution >= 4 is 22.5 Å². The molecule has 0 aliphatic rings. The highest BCUT2D eigenvalue weighted by atomic mass is 35.5. The molecule has 14 heavy (non-hydrogen) atoms. The standard InChI is InChI=1S/C9H6ClFN2O/c1-14-8-2-5-7(3-6(8)11)12-4-13-9(5)10/h2-4H,1H3. The van der Waals surface area contributed by atoms with Crippen molar-refractivity contribution in [2.75, 3.05) is 7.11 Å². The molecule has 0 fully saturated rings. The van der Waals surface area contributed by atoms with Crippen LogP contribution in [0.25, 0.3) is 10.9 Å². The lowest BCUT2D eigenvalue weighted by Crippen LogP contribution is -1.90. The second kappa shape index (κ2) is 3.38. The first kappa shape index (κ1) is 9.15. The van der Waals surface area contributed by atoms with Crippen molar-refractivity contribution in [1.29, 1.82) is 0 Å². The molecule has 1 aromatic carbocycles. The lowest BCUT2D eigenvalue weighted by molar-refractivity contribution is 0.387. The number of hydrogen-bond acceptors (Lipinski definition) is 3. The molecule has 0 atom stereocenters. The van der Waals surface area contributed by atoms with Crippen molar-refractivity contribution in [1.82, 2.24) is 9.97 Å². The molecule has 2 rings (SSSR count). The summed E-state index contributed by atoms with van der Waals surface area (Å²) in [6.45, 7) is 0. The summed E-state index contributed by atoms with van der Waals surface area (Å²) in [5.41, 5.74) is 0.461. The van der Waals surface area contributed by atoms with Gasteiger partial charge in [-0.1, -0.05) is 11.6 Å². The Morgan fingerprint density at radius 1 is 1.36 bits per heavy atom. The third-order valence-corrected chi connectivity index (χ3v) is 2.16. The Labute approximate surface area is 84.5 Å². The van der Waals surface area contributed by atoms with Gasteiger partial charge < -0.3 is 4.74 Å². The summed E-state index contributed by atoms with van der Waals surface area (Å²) < 4.78 is 18.0. The zero-order chi connectivity index (χ0) is 10.1. The van der Waals surface area contributed by atoms with Crippen molar-refractivity contribution < 1.29 is 9.13 Å². The van der Waals surface area contributed by atoms with Gasteiger partial charge in [-0.15, -0.1) is 0 Å². The smallest absolute Gasteiger partial charge is 0.167 e. The molecular formula is C9H6ClFN2O. The largest absolute Gasteiger partial charge is 0.494 e. The summed E-state index contributed by atoms with van der Waals surface area (Å²) in [6, 6.07) is 2.74. The predicted molar refractivity (Wildman–Crippen MR) is 51.1 cm³/mol. The molecule has 0 radical (unpaired) electrons. The molecule has 0 spiro atoms. The van der Waals surface area contributed by atoms with Crippen molar-refractivity contribution in [2.24, 2.45) is 0 Å². The van der Waals surface area contributed by atoms with E-state index in [9.17, 15) is 4.39 Å². The summed E-state index contributed by atoms with van der Waals surface area (Å²) >= 11 is 5.81. The number of benzene rings is 1. The van der Waals surface area contributed by atoms with Gasteiger partial charge in [0.2, 0.25) is 0 Å². The molecule has 1 heterocycles. The van der Waals surface area contributed by atoms with E-state index in [1.165, 1.54) is 25.6 Å². The van der Waals surface area contributed by atoms with Crippen LogP contribution in [0.1, 0.15) is 0 Å². The van der Waals surface area contributed by atoms with Crippen LogP contribution in [-0.2, 0) is 0 Å². The second-order valence-electron chi connectivity index (χ2n) is 2.67. The molecular weight excluding hydrogens is 207 g/mol. The Balaban J connectivity index is 2.80. The van der Waals surface area contributed by atoms with E-state index in [1.807, 2.05) is 0 Å². The average Bonchev–Trinajstić information content (AvgIpc) is 2.17. The van der Waals surface area contributed by atoms with Gasteiger partial charge in [0.25, 0.3) is 0 Å². The van der Waals surface area contributed by atoms with Crippen LogP contribution in [0, 0.1) is 5.82 Å². The van der Waals surface area contributed by atoms with Crippen LogP contribution in [0.5, 0.6) is 5.75 Å². The maximum Gasteiger partial charge on any atom is 0.167 e. The van der Waals surface area contributed by atoms with Crippen LogP contribution >= 0.6 is 11.6 Å². The van der Waals surface area contributed by atoms with E-state index in [1.54, 1.807) is 0 Å². The number of methoxy groups -OCH3 is 1. The highest BCUT2D eigenvalue weighted by molar-refractivity contribution is 6.34. The molecule has 2 aromatic rings. The Hall–Kier alpha value is -1.42. The fraction of sp³-hybridized carbons (Fsp3) is 0.111. The number of nitrogens with zero attached hydrogens (tertiary/aromatic N) is 2. The van der Waals surface area contributed by atoms with Gasteiger partial charge in [-0.2, -0.15) is 0 Å². The molecule has 0 bridgehead atoms. The quantitative estimate of drug-likeness (QED) is 0.681. The van der Waals surface area contributed by atoms with E-state index in [2.05, 4.69) is 9.97 Å². The first-order valence-electron chi connectivity index (χ1n) is 3.86.